The van der Waals surface area contributed by atoms with Crippen LogP contribution in [0.15, 0.2) is 30.7 Å². The molecule has 1 aliphatic heterocycles. The molecule has 0 saturated carbocycles. The lowest BCUT2D eigenvalue weighted by atomic mass is 10.1. The Hall–Kier alpha value is -3.14. The fourth-order valence-electron chi connectivity index (χ4n) is 2.90. The van der Waals surface area contributed by atoms with Gasteiger partial charge in [0.25, 0.3) is 0 Å². The Labute approximate surface area is 147 Å². The molecule has 4 rings (SSSR count). The maximum atomic E-state index is 13.6. The van der Waals surface area contributed by atoms with E-state index in [1.165, 1.54) is 23.0 Å². The standard InChI is InChI=1S/C16H15FN6O3/c17-10-1-2-12-13(7-10)22(9-19-12)16-18-8-14(23(24)25)15(21-16)20-11-3-5-26-6-4-11/h1-2,7-9,11H,3-6H2,(H,18,20,21). The Kier molecular flexibility index (Phi) is 4.17. The second-order valence-corrected chi connectivity index (χ2v) is 5.94. The quantitative estimate of drug-likeness (QED) is 0.564. The third kappa shape index (κ3) is 3.06. The Bertz CT molecular complexity index is 970. The van der Waals surface area contributed by atoms with Gasteiger partial charge in [0.2, 0.25) is 11.8 Å². The first-order chi connectivity index (χ1) is 12.6. The minimum atomic E-state index is -0.531. The molecule has 26 heavy (non-hydrogen) atoms. The van der Waals surface area contributed by atoms with Crippen LogP contribution in [-0.4, -0.2) is 43.7 Å². The molecule has 3 heterocycles. The van der Waals surface area contributed by atoms with Crippen molar-refractivity contribution >= 4 is 22.5 Å². The van der Waals surface area contributed by atoms with Gasteiger partial charge in [-0.15, -0.1) is 0 Å². The molecule has 1 fully saturated rings. The van der Waals surface area contributed by atoms with Crippen molar-refractivity contribution in [3.05, 3.63) is 46.7 Å². The summed E-state index contributed by atoms with van der Waals surface area (Å²) in [5.41, 5.74) is 0.846. The van der Waals surface area contributed by atoms with Gasteiger partial charge in [0.05, 0.1) is 16.0 Å². The average molecular weight is 358 g/mol. The average Bonchev–Trinajstić information content (AvgIpc) is 3.05. The Morgan fingerprint density at radius 2 is 2.12 bits per heavy atom. The third-order valence-electron chi connectivity index (χ3n) is 4.24. The number of aromatic nitrogens is 4. The molecule has 2 aromatic heterocycles. The normalized spacial score (nSPS) is 15.3. The number of ether oxygens (including phenoxy) is 1. The molecule has 134 valence electrons. The smallest absolute Gasteiger partial charge is 0.329 e. The van der Waals surface area contributed by atoms with Gasteiger partial charge in [-0.1, -0.05) is 0 Å². The minimum absolute atomic E-state index is 0.0298. The fourth-order valence-corrected chi connectivity index (χ4v) is 2.90. The number of nitrogens with zero attached hydrogens (tertiary/aromatic N) is 5. The van der Waals surface area contributed by atoms with E-state index in [4.69, 9.17) is 4.74 Å². The van der Waals surface area contributed by atoms with Crippen LogP contribution in [0.5, 0.6) is 0 Å². The van der Waals surface area contributed by atoms with Crippen LogP contribution >= 0.6 is 0 Å². The van der Waals surface area contributed by atoms with Crippen LogP contribution in [-0.2, 0) is 4.74 Å². The van der Waals surface area contributed by atoms with Gasteiger partial charge >= 0.3 is 5.69 Å². The van der Waals surface area contributed by atoms with Gasteiger partial charge in [0, 0.05) is 25.3 Å². The molecular formula is C16H15FN6O3. The number of fused-ring (bicyclic) bond motifs is 1. The zero-order chi connectivity index (χ0) is 18.1. The van der Waals surface area contributed by atoms with Gasteiger partial charge in [-0.3, -0.25) is 14.7 Å². The van der Waals surface area contributed by atoms with Crippen LogP contribution in [0.3, 0.4) is 0 Å². The van der Waals surface area contributed by atoms with Gasteiger partial charge in [0.15, 0.2) is 0 Å². The topological polar surface area (TPSA) is 108 Å². The largest absolute Gasteiger partial charge is 0.381 e. The second-order valence-electron chi connectivity index (χ2n) is 5.94. The van der Waals surface area contributed by atoms with Crippen LogP contribution in [0.25, 0.3) is 17.0 Å². The lowest BCUT2D eigenvalue weighted by molar-refractivity contribution is -0.384. The number of benzene rings is 1. The van der Waals surface area contributed by atoms with Crippen molar-refractivity contribution < 1.29 is 14.1 Å². The predicted octanol–water partition coefficient (Wildman–Crippen LogP) is 2.45. The fraction of sp³-hybridized carbons (Fsp3) is 0.312. The first-order valence-corrected chi connectivity index (χ1v) is 8.10. The minimum Gasteiger partial charge on any atom is -0.381 e. The molecule has 3 aromatic rings. The number of nitrogens with one attached hydrogen (secondary N) is 1. The summed E-state index contributed by atoms with van der Waals surface area (Å²) in [6, 6.07) is 4.21. The molecule has 0 unspecified atom stereocenters. The second kappa shape index (κ2) is 6.64. The summed E-state index contributed by atoms with van der Waals surface area (Å²) in [5, 5.41) is 14.4. The molecule has 0 aliphatic carbocycles. The molecule has 0 spiro atoms. The van der Waals surface area contributed by atoms with E-state index in [0.717, 1.165) is 19.0 Å². The first kappa shape index (κ1) is 16.3. The van der Waals surface area contributed by atoms with Gasteiger partial charge in [0.1, 0.15) is 18.3 Å². The SMILES string of the molecule is O=[N+]([O-])c1cnc(-n2cnc3ccc(F)cc32)nc1NC1CCOCC1. The molecule has 10 heteroatoms. The van der Waals surface area contributed by atoms with Gasteiger partial charge < -0.3 is 10.1 Å². The zero-order valence-electron chi connectivity index (χ0n) is 13.6. The van der Waals surface area contributed by atoms with E-state index in [1.807, 2.05) is 0 Å². The zero-order valence-corrected chi connectivity index (χ0v) is 13.6. The maximum absolute atomic E-state index is 13.6. The van der Waals surface area contributed by atoms with E-state index in [0.29, 0.717) is 24.2 Å². The Morgan fingerprint density at radius 3 is 2.88 bits per heavy atom. The number of hydrogen-bond acceptors (Lipinski definition) is 7. The highest BCUT2D eigenvalue weighted by molar-refractivity contribution is 5.76. The molecule has 0 radical (unpaired) electrons. The van der Waals surface area contributed by atoms with Crippen LogP contribution < -0.4 is 5.32 Å². The highest BCUT2D eigenvalue weighted by Gasteiger charge is 2.23. The Morgan fingerprint density at radius 1 is 1.31 bits per heavy atom. The Balaban J connectivity index is 1.75. The van der Waals surface area contributed by atoms with E-state index < -0.39 is 10.7 Å². The van der Waals surface area contributed by atoms with Crippen molar-refractivity contribution in [1.82, 2.24) is 19.5 Å². The van der Waals surface area contributed by atoms with Crippen molar-refractivity contribution in [1.29, 1.82) is 0 Å². The van der Waals surface area contributed by atoms with Crippen molar-refractivity contribution in [2.24, 2.45) is 0 Å². The molecular weight excluding hydrogens is 343 g/mol. The summed E-state index contributed by atoms with van der Waals surface area (Å²) in [5.74, 6) is -0.106. The van der Waals surface area contributed by atoms with E-state index >= 15 is 0 Å². The summed E-state index contributed by atoms with van der Waals surface area (Å²) >= 11 is 0. The van der Waals surface area contributed by atoms with Gasteiger partial charge in [-0.05, 0) is 25.0 Å². The number of rotatable bonds is 4. The van der Waals surface area contributed by atoms with Crippen LogP contribution in [0.2, 0.25) is 0 Å². The van der Waals surface area contributed by atoms with E-state index in [1.54, 1.807) is 6.07 Å². The molecule has 1 N–H and O–H groups in total. The monoisotopic (exact) mass is 358 g/mol. The molecule has 0 atom stereocenters. The highest BCUT2D eigenvalue weighted by Crippen LogP contribution is 2.25. The number of nitro groups is 1. The summed E-state index contributed by atoms with van der Waals surface area (Å²) in [6.07, 6.45) is 4.07. The lowest BCUT2D eigenvalue weighted by Gasteiger charge is -2.23. The van der Waals surface area contributed by atoms with Crippen LogP contribution in [0, 0.1) is 15.9 Å². The van der Waals surface area contributed by atoms with Crippen LogP contribution in [0.4, 0.5) is 15.9 Å². The summed E-state index contributed by atoms with van der Waals surface area (Å²) in [6.45, 7) is 1.18. The van der Waals surface area contributed by atoms with Gasteiger partial charge in [-0.2, -0.15) is 4.98 Å². The van der Waals surface area contributed by atoms with Crippen molar-refractivity contribution in [3.8, 4) is 5.95 Å². The van der Waals surface area contributed by atoms with E-state index in [2.05, 4.69) is 20.3 Å². The van der Waals surface area contributed by atoms with Crippen molar-refractivity contribution in [2.45, 2.75) is 18.9 Å². The highest BCUT2D eigenvalue weighted by atomic mass is 19.1. The molecule has 1 saturated heterocycles. The van der Waals surface area contributed by atoms with E-state index in [9.17, 15) is 14.5 Å². The summed E-state index contributed by atoms with van der Waals surface area (Å²) < 4.78 is 20.4. The number of anilines is 1. The third-order valence-corrected chi connectivity index (χ3v) is 4.24. The lowest BCUT2D eigenvalue weighted by Crippen LogP contribution is -2.28. The predicted molar refractivity (Wildman–Crippen MR) is 90.7 cm³/mol. The number of imidazole rings is 1. The molecule has 9 nitrogen and oxygen atoms in total. The molecule has 0 bridgehead atoms. The molecule has 1 aromatic carbocycles. The van der Waals surface area contributed by atoms with Crippen molar-refractivity contribution in [2.75, 3.05) is 18.5 Å². The molecule has 0 amide bonds. The number of hydrogen-bond donors (Lipinski definition) is 1. The van der Waals surface area contributed by atoms with Crippen molar-refractivity contribution in [3.63, 3.8) is 0 Å². The number of halogens is 1. The summed E-state index contributed by atoms with van der Waals surface area (Å²) in [4.78, 5) is 23.3. The molecule has 1 aliphatic rings. The van der Waals surface area contributed by atoms with Gasteiger partial charge in [-0.25, -0.2) is 14.4 Å². The van der Waals surface area contributed by atoms with Crippen LogP contribution in [0.1, 0.15) is 12.8 Å². The maximum Gasteiger partial charge on any atom is 0.329 e. The first-order valence-electron chi connectivity index (χ1n) is 8.10. The summed E-state index contributed by atoms with van der Waals surface area (Å²) in [7, 11) is 0. The van der Waals surface area contributed by atoms with E-state index in [-0.39, 0.29) is 23.5 Å².